The number of aromatic nitrogens is 1. The van der Waals surface area contributed by atoms with Crippen LogP contribution >= 0.6 is 0 Å². The zero-order valence-corrected chi connectivity index (χ0v) is 9.81. The molecule has 1 saturated heterocycles. The van der Waals surface area contributed by atoms with Crippen LogP contribution in [0.1, 0.15) is 23.2 Å². The third-order valence-electron chi connectivity index (χ3n) is 3.19. The molecule has 1 fully saturated rings. The van der Waals surface area contributed by atoms with Gasteiger partial charge in [-0.25, -0.2) is 4.98 Å². The molecule has 0 saturated carbocycles. The number of ketones is 1. The lowest BCUT2D eigenvalue weighted by Gasteiger charge is -2.34. The predicted octanol–water partition coefficient (Wildman–Crippen LogP) is 1.04. The van der Waals surface area contributed by atoms with Crippen LogP contribution in [0.3, 0.4) is 0 Å². The molecular weight excluding hydrogens is 220 g/mol. The highest BCUT2D eigenvalue weighted by molar-refractivity contribution is 6.05. The van der Waals surface area contributed by atoms with Gasteiger partial charge in [0.25, 0.3) is 0 Å². The molecule has 0 aliphatic carbocycles. The Morgan fingerprint density at radius 2 is 2.24 bits per heavy atom. The molecule has 1 aliphatic heterocycles. The number of nitrogens with two attached hydrogens (primary N) is 1. The van der Waals surface area contributed by atoms with Crippen LogP contribution in [0.25, 0.3) is 0 Å². The fraction of sp³-hybridized carbons (Fsp3) is 0.500. The van der Waals surface area contributed by atoms with Crippen LogP contribution < -0.4 is 5.73 Å². The van der Waals surface area contributed by atoms with Crippen molar-refractivity contribution in [2.75, 3.05) is 26.1 Å². The van der Waals surface area contributed by atoms with Gasteiger partial charge in [0.1, 0.15) is 11.4 Å². The number of carbonyl (C=O) groups excluding carboxylic acids is 1. The van der Waals surface area contributed by atoms with E-state index in [9.17, 15) is 4.79 Å². The number of methoxy groups -OCH3 is 1. The van der Waals surface area contributed by atoms with Crippen LogP contribution in [-0.2, 0) is 9.47 Å². The average Bonchev–Trinajstić information content (AvgIpc) is 2.39. The molecule has 1 aromatic rings. The van der Waals surface area contributed by atoms with E-state index in [2.05, 4.69) is 4.98 Å². The van der Waals surface area contributed by atoms with Gasteiger partial charge in [0.2, 0.25) is 0 Å². The first-order valence-corrected chi connectivity index (χ1v) is 5.58. The van der Waals surface area contributed by atoms with Crippen LogP contribution in [0.5, 0.6) is 0 Å². The van der Waals surface area contributed by atoms with Gasteiger partial charge in [0, 0.05) is 39.4 Å². The summed E-state index contributed by atoms with van der Waals surface area (Å²) in [6, 6.07) is 3.38. The number of nitrogens with zero attached hydrogens (tertiary/aromatic N) is 1. The second kappa shape index (κ2) is 4.81. The Hall–Kier alpha value is -1.46. The molecule has 5 heteroatoms. The van der Waals surface area contributed by atoms with Gasteiger partial charge >= 0.3 is 0 Å². The summed E-state index contributed by atoms with van der Waals surface area (Å²) in [6.07, 6.45) is 2.67. The molecule has 0 spiro atoms. The van der Waals surface area contributed by atoms with Crippen molar-refractivity contribution in [2.24, 2.45) is 0 Å². The highest BCUT2D eigenvalue weighted by atomic mass is 16.5. The Morgan fingerprint density at radius 3 is 2.82 bits per heavy atom. The number of ether oxygens (including phenoxy) is 2. The van der Waals surface area contributed by atoms with E-state index in [1.54, 1.807) is 25.4 Å². The van der Waals surface area contributed by atoms with Crippen molar-refractivity contribution in [1.82, 2.24) is 4.98 Å². The summed E-state index contributed by atoms with van der Waals surface area (Å²) in [5.74, 6) is 0.148. The maximum Gasteiger partial charge on any atom is 0.198 e. The normalized spacial score (nSPS) is 18.9. The summed E-state index contributed by atoms with van der Waals surface area (Å²) in [5.41, 5.74) is 5.34. The molecule has 0 amide bonds. The van der Waals surface area contributed by atoms with E-state index in [1.807, 2.05) is 0 Å². The molecule has 2 heterocycles. The lowest BCUT2D eigenvalue weighted by atomic mass is 9.86. The van der Waals surface area contributed by atoms with E-state index in [1.165, 1.54) is 0 Å². The predicted molar refractivity (Wildman–Crippen MR) is 62.8 cm³/mol. The number of nitrogen functional groups attached to an aromatic ring is 1. The Balaban J connectivity index is 2.32. The lowest BCUT2D eigenvalue weighted by molar-refractivity contribution is -0.0662. The number of pyridine rings is 1. The first-order valence-electron chi connectivity index (χ1n) is 5.58. The molecule has 0 atom stereocenters. The van der Waals surface area contributed by atoms with E-state index in [4.69, 9.17) is 15.2 Å². The Labute approximate surface area is 99.9 Å². The van der Waals surface area contributed by atoms with Crippen molar-refractivity contribution in [2.45, 2.75) is 18.4 Å². The zero-order valence-electron chi connectivity index (χ0n) is 9.81. The number of hydrogen-bond acceptors (Lipinski definition) is 5. The van der Waals surface area contributed by atoms with Gasteiger partial charge in [-0.1, -0.05) is 0 Å². The van der Waals surface area contributed by atoms with E-state index >= 15 is 0 Å². The topological polar surface area (TPSA) is 74.4 Å². The van der Waals surface area contributed by atoms with Crippen molar-refractivity contribution in [3.8, 4) is 0 Å². The summed E-state index contributed by atoms with van der Waals surface area (Å²) in [6.45, 7) is 1.06. The smallest absolute Gasteiger partial charge is 0.198 e. The average molecular weight is 236 g/mol. The minimum atomic E-state index is -0.810. The second-order valence-electron chi connectivity index (χ2n) is 4.08. The first-order chi connectivity index (χ1) is 8.19. The van der Waals surface area contributed by atoms with Gasteiger partial charge < -0.3 is 15.2 Å². The summed E-state index contributed by atoms with van der Waals surface area (Å²) < 4.78 is 10.7. The maximum absolute atomic E-state index is 12.5. The molecule has 0 unspecified atom stereocenters. The van der Waals surface area contributed by atoms with Crippen molar-refractivity contribution >= 4 is 11.6 Å². The van der Waals surface area contributed by atoms with Gasteiger partial charge in [-0.15, -0.1) is 0 Å². The quantitative estimate of drug-likeness (QED) is 0.794. The molecule has 17 heavy (non-hydrogen) atoms. The summed E-state index contributed by atoms with van der Waals surface area (Å²) in [5, 5.41) is 0. The van der Waals surface area contributed by atoms with Gasteiger partial charge in [-0.2, -0.15) is 0 Å². The highest BCUT2D eigenvalue weighted by Crippen LogP contribution is 2.29. The van der Waals surface area contributed by atoms with Crippen LogP contribution in [0.15, 0.2) is 18.3 Å². The van der Waals surface area contributed by atoms with Gasteiger partial charge in [0.15, 0.2) is 5.78 Å². The van der Waals surface area contributed by atoms with Crippen molar-refractivity contribution in [3.63, 3.8) is 0 Å². The first kappa shape index (κ1) is 12.0. The van der Waals surface area contributed by atoms with Crippen LogP contribution in [-0.4, -0.2) is 36.7 Å². The highest BCUT2D eigenvalue weighted by Gasteiger charge is 2.41. The molecule has 0 aromatic carbocycles. The van der Waals surface area contributed by atoms with E-state index in [0.717, 1.165) is 0 Å². The minimum absolute atomic E-state index is 0.103. The minimum Gasteiger partial charge on any atom is -0.383 e. The number of carbonyl (C=O) groups is 1. The molecular formula is C12H16N2O3. The fourth-order valence-electron chi connectivity index (χ4n) is 2.08. The van der Waals surface area contributed by atoms with Crippen LogP contribution in [0, 0.1) is 0 Å². The SMILES string of the molecule is COC1(C(=O)c2cccnc2N)CCOCC1. The fourth-order valence-corrected chi connectivity index (χ4v) is 2.08. The summed E-state index contributed by atoms with van der Waals surface area (Å²) >= 11 is 0. The number of anilines is 1. The molecule has 1 aromatic heterocycles. The van der Waals surface area contributed by atoms with Gasteiger partial charge in [-0.3, -0.25) is 4.79 Å². The Bertz CT molecular complexity index is 414. The van der Waals surface area contributed by atoms with Crippen molar-refractivity contribution in [1.29, 1.82) is 0 Å². The molecule has 0 bridgehead atoms. The zero-order chi connectivity index (χ0) is 12.3. The Kier molecular flexibility index (Phi) is 3.40. The number of Topliss-reactive ketones (excluding diaryl/α,β-unsaturated/α-hetero) is 1. The maximum atomic E-state index is 12.5. The molecule has 0 radical (unpaired) electrons. The molecule has 1 aliphatic rings. The van der Waals surface area contributed by atoms with Gasteiger partial charge in [-0.05, 0) is 12.1 Å². The standard InChI is InChI=1S/C12H16N2O3/c1-16-12(4-7-17-8-5-12)10(15)9-3-2-6-14-11(9)13/h2-3,6H,4-5,7-8H2,1H3,(H2,13,14). The summed E-state index contributed by atoms with van der Waals surface area (Å²) in [4.78, 5) is 16.4. The van der Waals surface area contributed by atoms with E-state index in [0.29, 0.717) is 31.6 Å². The van der Waals surface area contributed by atoms with Crippen molar-refractivity contribution < 1.29 is 14.3 Å². The monoisotopic (exact) mass is 236 g/mol. The van der Waals surface area contributed by atoms with Crippen LogP contribution in [0.4, 0.5) is 5.82 Å². The lowest BCUT2D eigenvalue weighted by Crippen LogP contribution is -2.46. The summed E-state index contributed by atoms with van der Waals surface area (Å²) in [7, 11) is 1.55. The van der Waals surface area contributed by atoms with Gasteiger partial charge in [0.05, 0.1) is 5.56 Å². The molecule has 2 rings (SSSR count). The van der Waals surface area contributed by atoms with Crippen LogP contribution in [0.2, 0.25) is 0 Å². The molecule has 5 nitrogen and oxygen atoms in total. The largest absolute Gasteiger partial charge is 0.383 e. The molecule has 92 valence electrons. The van der Waals surface area contributed by atoms with Crippen molar-refractivity contribution in [3.05, 3.63) is 23.9 Å². The third-order valence-corrected chi connectivity index (χ3v) is 3.19. The number of rotatable bonds is 3. The Morgan fingerprint density at radius 1 is 1.53 bits per heavy atom. The van der Waals surface area contributed by atoms with E-state index < -0.39 is 5.60 Å². The molecule has 2 N–H and O–H groups in total. The second-order valence-corrected chi connectivity index (χ2v) is 4.08. The number of hydrogen-bond donors (Lipinski definition) is 1. The third kappa shape index (κ3) is 2.16. The van der Waals surface area contributed by atoms with E-state index in [-0.39, 0.29) is 11.6 Å².